The second-order valence-corrected chi connectivity index (χ2v) is 3.65. The zero-order chi connectivity index (χ0) is 12.1. The molecule has 0 aromatic heterocycles. The highest BCUT2D eigenvalue weighted by Gasteiger charge is 2.19. The number of benzene rings is 1. The fraction of sp³-hybridized carbons (Fsp3) is 0.364. The van der Waals surface area contributed by atoms with Crippen LogP contribution in [0.25, 0.3) is 0 Å². The monoisotopic (exact) mass is 246 g/mol. The van der Waals surface area contributed by atoms with Gasteiger partial charge in [-0.15, -0.1) is 0 Å². The number of halogens is 2. The molecule has 0 radical (unpaired) electrons. The van der Waals surface area contributed by atoms with Gasteiger partial charge in [-0.05, 0) is 18.6 Å². The number of carbonyl (C=O) groups is 1. The maximum Gasteiger partial charge on any atom is 0.340 e. The Morgan fingerprint density at radius 1 is 1.56 bits per heavy atom. The number of hydrogen-bond donors (Lipinski definition) is 1. The molecule has 0 bridgehead atoms. The molecule has 1 rings (SSSR count). The van der Waals surface area contributed by atoms with Crippen LogP contribution in [0.4, 0.5) is 4.39 Å². The van der Waals surface area contributed by atoms with Crippen molar-refractivity contribution < 1.29 is 19.0 Å². The van der Waals surface area contributed by atoms with Gasteiger partial charge in [0.05, 0.1) is 11.6 Å². The van der Waals surface area contributed by atoms with Gasteiger partial charge in [-0.25, -0.2) is 9.18 Å². The van der Waals surface area contributed by atoms with E-state index in [1.165, 1.54) is 12.1 Å². The maximum atomic E-state index is 13.6. The van der Waals surface area contributed by atoms with Gasteiger partial charge in [0.2, 0.25) is 0 Å². The Labute approximate surface area is 97.8 Å². The summed E-state index contributed by atoms with van der Waals surface area (Å²) in [6.07, 6.45) is 1.70. The molecule has 5 heteroatoms. The van der Waals surface area contributed by atoms with Gasteiger partial charge >= 0.3 is 5.97 Å². The van der Waals surface area contributed by atoms with E-state index < -0.39 is 17.3 Å². The zero-order valence-corrected chi connectivity index (χ0v) is 9.55. The van der Waals surface area contributed by atoms with E-state index in [0.29, 0.717) is 6.61 Å². The average Bonchev–Trinajstić information content (AvgIpc) is 2.21. The Morgan fingerprint density at radius 3 is 2.81 bits per heavy atom. The van der Waals surface area contributed by atoms with Gasteiger partial charge < -0.3 is 9.84 Å². The van der Waals surface area contributed by atoms with Crippen LogP contribution in [0.15, 0.2) is 12.1 Å². The second kappa shape index (κ2) is 5.70. The number of carboxylic acid groups (broad SMARTS) is 1. The highest BCUT2D eigenvalue weighted by molar-refractivity contribution is 6.33. The lowest BCUT2D eigenvalue weighted by molar-refractivity contribution is 0.0691. The highest BCUT2D eigenvalue weighted by atomic mass is 35.5. The molecule has 1 aromatic carbocycles. The summed E-state index contributed by atoms with van der Waals surface area (Å²) in [4.78, 5) is 10.7. The number of hydrogen-bond acceptors (Lipinski definition) is 2. The Morgan fingerprint density at radius 2 is 2.25 bits per heavy atom. The van der Waals surface area contributed by atoms with Gasteiger partial charge in [0.25, 0.3) is 0 Å². The molecule has 1 aromatic rings. The molecule has 0 aliphatic carbocycles. The van der Waals surface area contributed by atoms with Crippen LogP contribution in [0.1, 0.15) is 30.1 Å². The van der Waals surface area contributed by atoms with Crippen LogP contribution < -0.4 is 4.74 Å². The summed E-state index contributed by atoms with van der Waals surface area (Å²) in [5.74, 6) is -2.39. The molecule has 0 saturated carbocycles. The molecule has 0 saturated heterocycles. The number of unbranched alkanes of at least 4 members (excludes halogenated alkanes) is 1. The predicted octanol–water partition coefficient (Wildman–Crippen LogP) is 3.36. The fourth-order valence-corrected chi connectivity index (χ4v) is 1.39. The van der Waals surface area contributed by atoms with Crippen molar-refractivity contribution in [2.45, 2.75) is 19.8 Å². The first-order valence-corrected chi connectivity index (χ1v) is 5.29. The maximum absolute atomic E-state index is 13.6. The van der Waals surface area contributed by atoms with E-state index in [2.05, 4.69) is 0 Å². The third-order valence-corrected chi connectivity index (χ3v) is 2.34. The van der Waals surface area contributed by atoms with E-state index in [-0.39, 0.29) is 10.8 Å². The van der Waals surface area contributed by atoms with Gasteiger partial charge in [-0.3, -0.25) is 0 Å². The van der Waals surface area contributed by atoms with Gasteiger partial charge in [-0.2, -0.15) is 0 Å². The lowest BCUT2D eigenvalue weighted by Gasteiger charge is -2.09. The third-order valence-electron chi connectivity index (χ3n) is 2.03. The molecule has 3 nitrogen and oxygen atoms in total. The minimum Gasteiger partial charge on any atom is -0.490 e. The summed E-state index contributed by atoms with van der Waals surface area (Å²) in [5, 5.41) is 8.63. The quantitative estimate of drug-likeness (QED) is 0.811. The molecule has 0 aliphatic heterocycles. The summed E-state index contributed by atoms with van der Waals surface area (Å²) >= 11 is 5.58. The predicted molar refractivity (Wildman–Crippen MR) is 58.8 cm³/mol. The van der Waals surface area contributed by atoms with Gasteiger partial charge in [0.15, 0.2) is 11.6 Å². The summed E-state index contributed by atoms with van der Waals surface area (Å²) in [5.41, 5.74) is -0.546. The van der Waals surface area contributed by atoms with Crippen LogP contribution in [0.2, 0.25) is 5.02 Å². The normalized spacial score (nSPS) is 10.2. The fourth-order valence-electron chi connectivity index (χ4n) is 1.17. The molecule has 0 unspecified atom stereocenters. The van der Waals surface area contributed by atoms with Gasteiger partial charge in [0.1, 0.15) is 5.56 Å². The first kappa shape index (κ1) is 12.8. The summed E-state index contributed by atoms with van der Waals surface area (Å²) < 4.78 is 18.7. The lowest BCUT2D eigenvalue weighted by atomic mass is 10.2. The minimum absolute atomic E-state index is 0.0738. The van der Waals surface area contributed by atoms with Crippen LogP contribution in [0, 0.1) is 5.82 Å². The van der Waals surface area contributed by atoms with Crippen LogP contribution in [0.5, 0.6) is 5.75 Å². The van der Waals surface area contributed by atoms with E-state index >= 15 is 0 Å². The molecule has 0 fully saturated rings. The SMILES string of the molecule is CCCCOc1ccc(Cl)c(C(=O)O)c1F. The first-order valence-electron chi connectivity index (χ1n) is 4.92. The van der Waals surface area contributed by atoms with Gasteiger partial charge in [0, 0.05) is 0 Å². The van der Waals surface area contributed by atoms with Crippen molar-refractivity contribution in [2.75, 3.05) is 6.61 Å². The van der Waals surface area contributed by atoms with Crippen molar-refractivity contribution >= 4 is 17.6 Å². The van der Waals surface area contributed by atoms with Crippen LogP contribution in [-0.2, 0) is 0 Å². The standard InChI is InChI=1S/C11H12ClFO3/c1-2-3-6-16-8-5-4-7(12)9(10(8)13)11(14)15/h4-5H,2-3,6H2,1H3,(H,14,15). The lowest BCUT2D eigenvalue weighted by Crippen LogP contribution is -2.05. The summed E-state index contributed by atoms with van der Waals surface area (Å²) in [6, 6.07) is 2.65. The van der Waals surface area contributed by atoms with E-state index in [9.17, 15) is 9.18 Å². The molecule has 88 valence electrons. The molecule has 0 aliphatic rings. The topological polar surface area (TPSA) is 46.5 Å². The van der Waals surface area contributed by atoms with E-state index in [1.54, 1.807) is 0 Å². The Balaban J connectivity index is 2.95. The smallest absolute Gasteiger partial charge is 0.340 e. The first-order chi connectivity index (χ1) is 7.57. The molecular formula is C11H12ClFO3. The zero-order valence-electron chi connectivity index (χ0n) is 8.80. The van der Waals surface area contributed by atoms with Crippen molar-refractivity contribution in [1.29, 1.82) is 0 Å². The Kier molecular flexibility index (Phi) is 4.55. The summed E-state index contributed by atoms with van der Waals surface area (Å²) in [7, 11) is 0. The summed E-state index contributed by atoms with van der Waals surface area (Å²) in [6.45, 7) is 2.33. The van der Waals surface area contributed by atoms with E-state index in [4.69, 9.17) is 21.4 Å². The van der Waals surface area contributed by atoms with Crippen LogP contribution >= 0.6 is 11.6 Å². The van der Waals surface area contributed by atoms with Crippen LogP contribution in [-0.4, -0.2) is 17.7 Å². The van der Waals surface area contributed by atoms with Crippen molar-refractivity contribution in [1.82, 2.24) is 0 Å². The number of aromatic carboxylic acids is 1. The van der Waals surface area contributed by atoms with E-state index in [1.807, 2.05) is 6.92 Å². The largest absolute Gasteiger partial charge is 0.490 e. The molecule has 0 heterocycles. The Hall–Kier alpha value is -1.29. The van der Waals surface area contributed by atoms with Crippen molar-refractivity contribution in [3.63, 3.8) is 0 Å². The Bertz CT molecular complexity index is 393. The molecule has 0 amide bonds. The van der Waals surface area contributed by atoms with Crippen molar-refractivity contribution in [3.05, 3.63) is 28.5 Å². The number of carboxylic acids is 1. The molecule has 16 heavy (non-hydrogen) atoms. The molecule has 1 N–H and O–H groups in total. The highest BCUT2D eigenvalue weighted by Crippen LogP contribution is 2.27. The molecular weight excluding hydrogens is 235 g/mol. The number of ether oxygens (including phenoxy) is 1. The average molecular weight is 247 g/mol. The van der Waals surface area contributed by atoms with Crippen molar-refractivity contribution in [3.8, 4) is 5.75 Å². The van der Waals surface area contributed by atoms with Crippen molar-refractivity contribution in [2.24, 2.45) is 0 Å². The number of rotatable bonds is 5. The molecule has 0 atom stereocenters. The molecule has 0 spiro atoms. The van der Waals surface area contributed by atoms with Gasteiger partial charge in [-0.1, -0.05) is 24.9 Å². The van der Waals surface area contributed by atoms with E-state index in [0.717, 1.165) is 12.8 Å². The second-order valence-electron chi connectivity index (χ2n) is 3.24. The minimum atomic E-state index is -1.40. The van der Waals surface area contributed by atoms with Crippen LogP contribution in [0.3, 0.4) is 0 Å². The third kappa shape index (κ3) is 2.85.